The molecule has 60 valence electrons. The van der Waals surface area contributed by atoms with Crippen LogP contribution >= 0.6 is 7.92 Å². The maximum absolute atomic E-state index is 3.70. The largest absolute Gasteiger partial charge is 0.313 e. The Kier molecular flexibility index (Phi) is 7.33. The summed E-state index contributed by atoms with van der Waals surface area (Å²) in [5.41, 5.74) is 0. The van der Waals surface area contributed by atoms with E-state index >= 15 is 0 Å². The van der Waals surface area contributed by atoms with Crippen LogP contribution in [0.1, 0.15) is 13.3 Å². The lowest BCUT2D eigenvalue weighted by molar-refractivity contribution is 0.832. The fourth-order valence-electron chi connectivity index (χ4n) is 0.693. The van der Waals surface area contributed by atoms with Gasteiger partial charge < -0.3 is 5.32 Å². The first-order valence-corrected chi connectivity index (χ1v) is 5.97. The molecule has 0 fully saturated rings. The zero-order valence-corrected chi connectivity index (χ0v) is 7.95. The molecule has 0 aliphatic heterocycles. The topological polar surface area (TPSA) is 12.0 Å². The van der Waals surface area contributed by atoms with Gasteiger partial charge in [-0.2, -0.15) is 0 Å². The predicted molar refractivity (Wildman–Crippen MR) is 51.1 cm³/mol. The molecule has 0 rings (SSSR count). The van der Waals surface area contributed by atoms with Gasteiger partial charge in [-0.1, -0.05) is 20.9 Å². The molecule has 0 saturated carbocycles. The van der Waals surface area contributed by atoms with Crippen LogP contribution in [-0.2, 0) is 0 Å². The predicted octanol–water partition coefficient (Wildman–Crippen LogP) is 2.24. The highest BCUT2D eigenvalue weighted by Gasteiger charge is 1.96. The van der Waals surface area contributed by atoms with E-state index in [0.29, 0.717) is 0 Å². The summed E-state index contributed by atoms with van der Waals surface area (Å²) >= 11 is 0. The number of rotatable bonds is 6. The van der Waals surface area contributed by atoms with Crippen LogP contribution in [0.3, 0.4) is 0 Å². The van der Waals surface area contributed by atoms with Gasteiger partial charge in [0.25, 0.3) is 0 Å². The standard InChI is InChI=1S/C8H18NP/c1-4-6-7-10(3)8-9-5-2/h4,9H,1,5-8H2,2-3H3. The molecule has 1 N–H and O–H groups in total. The maximum Gasteiger partial charge on any atom is 0.0153 e. The van der Waals surface area contributed by atoms with Crippen molar-refractivity contribution in [3.05, 3.63) is 12.7 Å². The van der Waals surface area contributed by atoms with Crippen molar-refractivity contribution in [3.63, 3.8) is 0 Å². The first-order chi connectivity index (χ1) is 4.81. The van der Waals surface area contributed by atoms with Gasteiger partial charge in [0, 0.05) is 6.29 Å². The quantitative estimate of drug-likeness (QED) is 0.463. The van der Waals surface area contributed by atoms with E-state index in [0.717, 1.165) is 6.54 Å². The van der Waals surface area contributed by atoms with Gasteiger partial charge in [-0.15, -0.1) is 6.58 Å². The number of hydrogen-bond donors (Lipinski definition) is 1. The van der Waals surface area contributed by atoms with Gasteiger partial charge in [-0.25, -0.2) is 0 Å². The summed E-state index contributed by atoms with van der Waals surface area (Å²) in [7, 11) is 0.225. The third kappa shape index (κ3) is 6.25. The summed E-state index contributed by atoms with van der Waals surface area (Å²) in [5, 5.41) is 3.35. The zero-order chi connectivity index (χ0) is 7.82. The van der Waals surface area contributed by atoms with Gasteiger partial charge in [-0.05, 0) is 25.8 Å². The van der Waals surface area contributed by atoms with Crippen molar-refractivity contribution in [2.24, 2.45) is 0 Å². The molecule has 0 aromatic rings. The Bertz CT molecular complexity index is 83.3. The Morgan fingerprint density at radius 1 is 1.60 bits per heavy atom. The summed E-state index contributed by atoms with van der Waals surface area (Å²) in [6, 6.07) is 0. The van der Waals surface area contributed by atoms with Gasteiger partial charge in [0.1, 0.15) is 0 Å². The number of allylic oxidation sites excluding steroid dienone is 1. The zero-order valence-electron chi connectivity index (χ0n) is 7.06. The van der Waals surface area contributed by atoms with E-state index in [-0.39, 0.29) is 7.92 Å². The molecule has 0 radical (unpaired) electrons. The van der Waals surface area contributed by atoms with Gasteiger partial charge >= 0.3 is 0 Å². The van der Waals surface area contributed by atoms with Gasteiger partial charge in [0.2, 0.25) is 0 Å². The van der Waals surface area contributed by atoms with Gasteiger partial charge in [0.15, 0.2) is 0 Å². The number of hydrogen-bond acceptors (Lipinski definition) is 1. The Hall–Kier alpha value is 0.130. The van der Waals surface area contributed by atoms with Crippen molar-refractivity contribution in [1.82, 2.24) is 5.32 Å². The molecule has 1 atom stereocenters. The Balaban J connectivity index is 3.07. The molecule has 0 saturated heterocycles. The fourth-order valence-corrected chi connectivity index (χ4v) is 2.08. The van der Waals surface area contributed by atoms with E-state index < -0.39 is 0 Å². The van der Waals surface area contributed by atoms with Crippen LogP contribution in [0.4, 0.5) is 0 Å². The SMILES string of the molecule is C=CCCP(C)CNCC. The van der Waals surface area contributed by atoms with Crippen molar-refractivity contribution in [2.75, 3.05) is 25.7 Å². The van der Waals surface area contributed by atoms with E-state index in [4.69, 9.17) is 0 Å². The second kappa shape index (κ2) is 7.24. The maximum atomic E-state index is 3.70. The monoisotopic (exact) mass is 159 g/mol. The van der Waals surface area contributed by atoms with Crippen LogP contribution in [0.5, 0.6) is 0 Å². The Labute approximate surface area is 65.7 Å². The lowest BCUT2D eigenvalue weighted by Gasteiger charge is -2.10. The molecule has 0 aliphatic carbocycles. The molecule has 2 heteroatoms. The second-order valence-corrected chi connectivity index (χ2v) is 4.89. The van der Waals surface area contributed by atoms with Crippen molar-refractivity contribution in [2.45, 2.75) is 13.3 Å². The molecular weight excluding hydrogens is 141 g/mol. The lowest BCUT2D eigenvalue weighted by atomic mass is 10.5. The molecule has 10 heavy (non-hydrogen) atoms. The molecule has 0 amide bonds. The molecule has 0 aromatic heterocycles. The molecule has 0 aliphatic rings. The van der Waals surface area contributed by atoms with E-state index in [2.05, 4.69) is 25.5 Å². The molecule has 1 unspecified atom stereocenters. The highest BCUT2D eigenvalue weighted by Crippen LogP contribution is 2.28. The summed E-state index contributed by atoms with van der Waals surface area (Å²) in [4.78, 5) is 0. The van der Waals surface area contributed by atoms with Crippen LogP contribution < -0.4 is 5.32 Å². The molecular formula is C8H18NP. The minimum Gasteiger partial charge on any atom is -0.313 e. The van der Waals surface area contributed by atoms with E-state index in [1.807, 2.05) is 6.08 Å². The van der Waals surface area contributed by atoms with Crippen LogP contribution in [0.2, 0.25) is 0 Å². The lowest BCUT2D eigenvalue weighted by Crippen LogP contribution is -2.13. The fraction of sp³-hybridized carbons (Fsp3) is 0.750. The minimum absolute atomic E-state index is 0.225. The second-order valence-electron chi connectivity index (χ2n) is 2.42. The van der Waals surface area contributed by atoms with Crippen molar-refractivity contribution in [1.29, 1.82) is 0 Å². The molecule has 0 spiro atoms. The first-order valence-electron chi connectivity index (χ1n) is 3.81. The van der Waals surface area contributed by atoms with Gasteiger partial charge in [-0.3, -0.25) is 0 Å². The van der Waals surface area contributed by atoms with Crippen LogP contribution in [-0.4, -0.2) is 25.7 Å². The summed E-state index contributed by atoms with van der Waals surface area (Å²) in [6.07, 6.45) is 5.71. The highest BCUT2D eigenvalue weighted by molar-refractivity contribution is 7.56. The van der Waals surface area contributed by atoms with E-state index in [1.165, 1.54) is 18.9 Å². The molecule has 1 nitrogen and oxygen atoms in total. The van der Waals surface area contributed by atoms with E-state index in [9.17, 15) is 0 Å². The summed E-state index contributed by atoms with van der Waals surface area (Å²) < 4.78 is 0. The van der Waals surface area contributed by atoms with Crippen molar-refractivity contribution >= 4 is 7.92 Å². The van der Waals surface area contributed by atoms with E-state index in [1.54, 1.807) is 0 Å². The average Bonchev–Trinajstić information content (AvgIpc) is 1.97. The molecule has 0 bridgehead atoms. The molecule has 0 aromatic carbocycles. The third-order valence-electron chi connectivity index (χ3n) is 1.35. The Morgan fingerprint density at radius 2 is 2.30 bits per heavy atom. The first kappa shape index (κ1) is 10.1. The van der Waals surface area contributed by atoms with Crippen molar-refractivity contribution in [3.8, 4) is 0 Å². The van der Waals surface area contributed by atoms with Crippen LogP contribution in [0.25, 0.3) is 0 Å². The normalized spacial score (nSPS) is 13.0. The smallest absolute Gasteiger partial charge is 0.0153 e. The number of nitrogens with one attached hydrogen (secondary N) is 1. The van der Waals surface area contributed by atoms with Crippen molar-refractivity contribution < 1.29 is 0 Å². The van der Waals surface area contributed by atoms with Crippen LogP contribution in [0, 0.1) is 0 Å². The summed E-state index contributed by atoms with van der Waals surface area (Å²) in [5.74, 6) is 0. The highest BCUT2D eigenvalue weighted by atomic mass is 31.1. The summed E-state index contributed by atoms with van der Waals surface area (Å²) in [6.45, 7) is 9.29. The Morgan fingerprint density at radius 3 is 2.80 bits per heavy atom. The average molecular weight is 159 g/mol. The van der Waals surface area contributed by atoms with Crippen LogP contribution in [0.15, 0.2) is 12.7 Å². The van der Waals surface area contributed by atoms with Gasteiger partial charge in [0.05, 0.1) is 0 Å². The minimum atomic E-state index is 0.225. The third-order valence-corrected chi connectivity index (χ3v) is 3.13. The molecule has 0 heterocycles.